The lowest BCUT2D eigenvalue weighted by atomic mass is 10.7. The summed E-state index contributed by atoms with van der Waals surface area (Å²) in [5.41, 5.74) is 0. The zero-order valence-corrected chi connectivity index (χ0v) is 4.34. The van der Waals surface area contributed by atoms with Crippen LogP contribution in [0.4, 0.5) is 0 Å². The first-order valence-electron chi connectivity index (χ1n) is 1.34. The predicted molar refractivity (Wildman–Crippen MR) is 32.0 cm³/mol. The standard InChI is InChI=1S/CH8B2S/c1-4(2)3/h4H,2-3H2,1H3. The number of hydrogen-bond donors (Lipinski definition) is 1. The van der Waals surface area contributed by atoms with E-state index in [-0.39, 0.29) is 0 Å². The Bertz CT molecular complexity index is 10.8. The largest absolute Gasteiger partial charge is 0.328 e. The van der Waals surface area contributed by atoms with E-state index in [0.29, 0.717) is 10.6 Å². The SMILES string of the molecule is B[SH](B)C. The van der Waals surface area contributed by atoms with Crippen molar-refractivity contribution in [2.45, 2.75) is 0 Å². The summed E-state index contributed by atoms with van der Waals surface area (Å²) >= 11 is 0. The van der Waals surface area contributed by atoms with E-state index in [0.717, 1.165) is 0 Å². The maximum Gasteiger partial charge on any atom is 0.140 e. The molecule has 0 spiro atoms. The van der Waals surface area contributed by atoms with Gasteiger partial charge in [0.15, 0.2) is 0 Å². The predicted octanol–water partition coefficient (Wildman–Crippen LogP) is -1.29. The molecule has 0 aromatic rings. The maximum atomic E-state index is 2.23. The van der Waals surface area contributed by atoms with E-state index in [9.17, 15) is 0 Å². The third-order valence-electron chi connectivity index (χ3n) is 0. The van der Waals surface area contributed by atoms with Crippen LogP contribution >= 0.6 is 10.6 Å². The average molecular weight is 73.8 g/mol. The van der Waals surface area contributed by atoms with Crippen molar-refractivity contribution in [2.24, 2.45) is 0 Å². The number of rotatable bonds is 0. The molecule has 0 saturated carbocycles. The van der Waals surface area contributed by atoms with Gasteiger partial charge in [-0.2, -0.15) is 0 Å². The van der Waals surface area contributed by atoms with Crippen molar-refractivity contribution in [1.29, 1.82) is 0 Å². The molecule has 0 unspecified atom stereocenters. The molecule has 3 heteroatoms. The van der Waals surface area contributed by atoms with Crippen molar-refractivity contribution in [3.63, 3.8) is 0 Å². The van der Waals surface area contributed by atoms with Crippen molar-refractivity contribution in [3.8, 4) is 0 Å². The summed E-state index contributed by atoms with van der Waals surface area (Å²) in [6.07, 6.45) is 2.23. The van der Waals surface area contributed by atoms with Gasteiger partial charge in [0.05, 0.1) is 0 Å². The Labute approximate surface area is 31.9 Å². The lowest BCUT2D eigenvalue weighted by Gasteiger charge is -1.87. The minimum absolute atomic E-state index is 0.380. The molecule has 0 heterocycles. The first-order valence-corrected chi connectivity index (χ1v) is 4.02. The molecule has 0 bridgehead atoms. The van der Waals surface area contributed by atoms with Crippen molar-refractivity contribution in [3.05, 3.63) is 0 Å². The average Bonchev–Trinajstić information content (AvgIpc) is 0.811. The van der Waals surface area contributed by atoms with Crippen molar-refractivity contribution < 1.29 is 0 Å². The quantitative estimate of drug-likeness (QED) is 0.268. The van der Waals surface area contributed by atoms with Gasteiger partial charge in [0.25, 0.3) is 0 Å². The first-order chi connectivity index (χ1) is 1.73. The highest BCUT2D eigenvalue weighted by Crippen LogP contribution is 1.96. The molecule has 0 N–H and O–H groups in total. The second kappa shape index (κ2) is 1.77. The van der Waals surface area contributed by atoms with Crippen LogP contribution in [0.15, 0.2) is 0 Å². The van der Waals surface area contributed by atoms with Crippen LogP contribution in [0.5, 0.6) is 0 Å². The molecule has 0 nitrogen and oxygen atoms in total. The second-order valence-electron chi connectivity index (χ2n) is 1.34. The van der Waals surface area contributed by atoms with E-state index in [4.69, 9.17) is 0 Å². The van der Waals surface area contributed by atoms with Crippen LogP contribution < -0.4 is 0 Å². The van der Waals surface area contributed by atoms with Gasteiger partial charge in [0.1, 0.15) is 14.2 Å². The summed E-state index contributed by atoms with van der Waals surface area (Å²) < 4.78 is 0. The Morgan fingerprint density at radius 3 is 1.50 bits per heavy atom. The van der Waals surface area contributed by atoms with Gasteiger partial charge in [-0.25, -0.2) is 0 Å². The molecule has 0 aromatic carbocycles. The molecular weight excluding hydrogens is 65.7 g/mol. The highest BCUT2D eigenvalue weighted by molar-refractivity contribution is 8.50. The summed E-state index contributed by atoms with van der Waals surface area (Å²) in [5, 5.41) is 0. The zero-order chi connectivity index (χ0) is 3.58. The molecule has 0 aliphatic heterocycles. The van der Waals surface area contributed by atoms with Gasteiger partial charge in [-0.05, 0) is 0 Å². The molecule has 0 saturated heterocycles. The van der Waals surface area contributed by atoms with Gasteiger partial charge in [-0.15, -0.1) is 0 Å². The van der Waals surface area contributed by atoms with Gasteiger partial charge in [-0.1, -0.05) is 6.26 Å². The maximum absolute atomic E-state index is 2.23. The highest BCUT2D eigenvalue weighted by Gasteiger charge is 1.62. The number of hydrogen-bond acceptors (Lipinski definition) is 0. The minimum atomic E-state index is 0.380. The Morgan fingerprint density at radius 1 is 1.50 bits per heavy atom. The van der Waals surface area contributed by atoms with Gasteiger partial charge >= 0.3 is 0 Å². The third kappa shape index (κ3) is 23.6. The molecule has 0 amide bonds. The molecule has 0 aromatic heterocycles. The fourth-order valence-corrected chi connectivity index (χ4v) is 0. The van der Waals surface area contributed by atoms with E-state index < -0.39 is 0 Å². The highest BCUT2D eigenvalue weighted by atomic mass is 32.2. The molecule has 24 valence electrons. The Morgan fingerprint density at radius 2 is 1.50 bits per heavy atom. The van der Waals surface area contributed by atoms with Crippen LogP contribution in [-0.2, 0) is 0 Å². The van der Waals surface area contributed by atoms with Crippen LogP contribution in [-0.4, -0.2) is 20.5 Å². The van der Waals surface area contributed by atoms with Gasteiger partial charge in [0, 0.05) is 0 Å². The summed E-state index contributed by atoms with van der Waals surface area (Å²) in [5.74, 6) is 0. The molecule has 0 aliphatic carbocycles. The number of thiol groups is 1. The monoisotopic (exact) mass is 74.1 g/mol. The molecular formula is CH8B2S. The Hall–Kier alpha value is 0.480. The van der Waals surface area contributed by atoms with Crippen LogP contribution in [0.25, 0.3) is 0 Å². The van der Waals surface area contributed by atoms with Crippen molar-refractivity contribution >= 4 is 24.8 Å². The minimum Gasteiger partial charge on any atom is -0.328 e. The Kier molecular flexibility index (Phi) is 1.98. The topological polar surface area (TPSA) is 0 Å². The summed E-state index contributed by atoms with van der Waals surface area (Å²) in [7, 11) is 4.84. The molecule has 0 radical (unpaired) electrons. The summed E-state index contributed by atoms with van der Waals surface area (Å²) in [6, 6.07) is 0. The van der Waals surface area contributed by atoms with Gasteiger partial charge < -0.3 is 10.6 Å². The third-order valence-corrected chi connectivity index (χ3v) is 0. The summed E-state index contributed by atoms with van der Waals surface area (Å²) in [4.78, 5) is 0. The molecule has 0 rings (SSSR count). The summed E-state index contributed by atoms with van der Waals surface area (Å²) in [6.45, 7) is 0. The van der Waals surface area contributed by atoms with Crippen LogP contribution in [0, 0.1) is 0 Å². The normalized spacial score (nSPS) is 10.8. The van der Waals surface area contributed by atoms with Gasteiger partial charge in [-0.3, -0.25) is 0 Å². The van der Waals surface area contributed by atoms with Crippen LogP contribution in [0.1, 0.15) is 0 Å². The fourth-order valence-electron chi connectivity index (χ4n) is 0. The fraction of sp³-hybridized carbons (Fsp3) is 1.00. The van der Waals surface area contributed by atoms with Gasteiger partial charge in [0.2, 0.25) is 0 Å². The molecule has 4 heavy (non-hydrogen) atoms. The first kappa shape index (κ1) is 4.48. The van der Waals surface area contributed by atoms with Crippen molar-refractivity contribution in [1.82, 2.24) is 0 Å². The molecule has 0 atom stereocenters. The van der Waals surface area contributed by atoms with E-state index in [1.54, 1.807) is 0 Å². The van der Waals surface area contributed by atoms with E-state index in [1.807, 2.05) is 0 Å². The van der Waals surface area contributed by atoms with Crippen LogP contribution in [0.3, 0.4) is 0 Å². The molecule has 0 aliphatic rings. The molecule has 0 fully saturated rings. The van der Waals surface area contributed by atoms with E-state index in [1.165, 1.54) is 0 Å². The van der Waals surface area contributed by atoms with E-state index in [2.05, 4.69) is 20.5 Å². The smallest absolute Gasteiger partial charge is 0.140 e. The van der Waals surface area contributed by atoms with E-state index >= 15 is 0 Å². The zero-order valence-electron chi connectivity index (χ0n) is 3.45. The lowest BCUT2D eigenvalue weighted by molar-refractivity contribution is 2.53. The van der Waals surface area contributed by atoms with Crippen LogP contribution in [0.2, 0.25) is 0 Å². The Balaban J connectivity index is 2.32. The lowest BCUT2D eigenvalue weighted by Crippen LogP contribution is -1.64. The second-order valence-corrected chi connectivity index (χ2v) is 4.02. The van der Waals surface area contributed by atoms with Crippen molar-refractivity contribution in [2.75, 3.05) is 6.26 Å².